The normalized spacial score (nSPS) is 12.8. The van der Waals surface area contributed by atoms with Gasteiger partial charge in [-0.25, -0.2) is 4.98 Å². The number of thiazole rings is 1. The average Bonchev–Trinajstić information content (AvgIpc) is 2.70. The molecule has 1 rings (SSSR count). The van der Waals surface area contributed by atoms with Gasteiger partial charge in [0.1, 0.15) is 0 Å². The van der Waals surface area contributed by atoms with Gasteiger partial charge >= 0.3 is 0 Å². The molecular weight excluding hydrogens is 246 g/mol. The van der Waals surface area contributed by atoms with Crippen molar-refractivity contribution >= 4 is 17.2 Å². The summed E-state index contributed by atoms with van der Waals surface area (Å²) < 4.78 is 0. The lowest BCUT2D eigenvalue weighted by atomic mass is 9.96. The number of rotatable bonds is 6. The molecule has 0 aliphatic heterocycles. The van der Waals surface area contributed by atoms with Gasteiger partial charge < -0.3 is 10.6 Å². The maximum absolute atomic E-state index is 12.3. The summed E-state index contributed by atoms with van der Waals surface area (Å²) >= 11 is 1.59. The van der Waals surface area contributed by atoms with Crippen molar-refractivity contribution in [1.82, 2.24) is 9.88 Å². The molecule has 0 saturated carbocycles. The highest BCUT2D eigenvalue weighted by Gasteiger charge is 2.22. The fourth-order valence-corrected chi connectivity index (χ4v) is 2.78. The Morgan fingerprint density at radius 1 is 1.56 bits per heavy atom. The van der Waals surface area contributed by atoms with Crippen molar-refractivity contribution in [2.24, 2.45) is 17.6 Å². The Bertz CT molecular complexity index is 389. The minimum Gasteiger partial charge on any atom is -0.340 e. The third kappa shape index (κ3) is 4.07. The van der Waals surface area contributed by atoms with E-state index in [2.05, 4.69) is 18.8 Å². The van der Waals surface area contributed by atoms with Crippen LogP contribution in [0.25, 0.3) is 0 Å². The van der Waals surface area contributed by atoms with Gasteiger partial charge in [0.05, 0.1) is 23.7 Å². The molecule has 0 saturated heterocycles. The Morgan fingerprint density at radius 3 is 2.67 bits per heavy atom. The van der Waals surface area contributed by atoms with E-state index in [0.717, 1.165) is 17.0 Å². The fourth-order valence-electron chi connectivity index (χ4n) is 1.95. The molecule has 1 atom stereocenters. The van der Waals surface area contributed by atoms with Gasteiger partial charge in [-0.2, -0.15) is 0 Å². The zero-order valence-electron chi connectivity index (χ0n) is 11.6. The Labute approximate surface area is 113 Å². The molecule has 1 aromatic rings. The van der Waals surface area contributed by atoms with Crippen molar-refractivity contribution in [2.45, 2.75) is 33.7 Å². The molecule has 0 aliphatic rings. The molecule has 1 aromatic heterocycles. The van der Waals surface area contributed by atoms with Gasteiger partial charge in [-0.3, -0.25) is 4.79 Å². The fraction of sp³-hybridized carbons (Fsp3) is 0.692. The van der Waals surface area contributed by atoms with Crippen molar-refractivity contribution in [1.29, 1.82) is 0 Å². The average molecular weight is 269 g/mol. The highest BCUT2D eigenvalue weighted by atomic mass is 32.1. The van der Waals surface area contributed by atoms with Crippen molar-refractivity contribution in [3.63, 3.8) is 0 Å². The Balaban J connectivity index is 2.62. The van der Waals surface area contributed by atoms with Gasteiger partial charge in [-0.1, -0.05) is 13.8 Å². The number of nitrogens with two attached hydrogens (primary N) is 1. The van der Waals surface area contributed by atoms with Crippen LogP contribution in [0.15, 0.2) is 5.51 Å². The first-order valence-electron chi connectivity index (χ1n) is 6.29. The smallest absolute Gasteiger partial charge is 0.227 e. The molecule has 102 valence electrons. The van der Waals surface area contributed by atoms with E-state index in [9.17, 15) is 4.79 Å². The Morgan fingerprint density at radius 2 is 2.22 bits per heavy atom. The predicted octanol–water partition coefficient (Wildman–Crippen LogP) is 2.03. The van der Waals surface area contributed by atoms with Gasteiger partial charge in [-0.15, -0.1) is 11.3 Å². The minimum absolute atomic E-state index is 0.0665. The number of hydrogen-bond donors (Lipinski definition) is 1. The van der Waals surface area contributed by atoms with Gasteiger partial charge in [0, 0.05) is 18.5 Å². The second-order valence-corrected chi connectivity index (χ2v) is 6.06. The largest absolute Gasteiger partial charge is 0.340 e. The first-order valence-corrected chi connectivity index (χ1v) is 7.17. The van der Waals surface area contributed by atoms with Crippen LogP contribution in [0.5, 0.6) is 0 Å². The molecule has 5 heteroatoms. The minimum atomic E-state index is -0.0665. The number of hydrogen-bond acceptors (Lipinski definition) is 4. The van der Waals surface area contributed by atoms with E-state index >= 15 is 0 Å². The Hall–Kier alpha value is -0.940. The number of carbonyl (C=O) groups is 1. The monoisotopic (exact) mass is 269 g/mol. The van der Waals surface area contributed by atoms with E-state index in [1.807, 2.05) is 19.5 Å². The van der Waals surface area contributed by atoms with Crippen molar-refractivity contribution in [2.75, 3.05) is 13.6 Å². The maximum Gasteiger partial charge on any atom is 0.227 e. The maximum atomic E-state index is 12.3. The molecule has 2 N–H and O–H groups in total. The van der Waals surface area contributed by atoms with E-state index < -0.39 is 0 Å². The molecule has 1 amide bonds. The summed E-state index contributed by atoms with van der Waals surface area (Å²) in [7, 11) is 1.84. The summed E-state index contributed by atoms with van der Waals surface area (Å²) in [5.74, 6) is 0.559. The standard InChI is InChI=1S/C13H23N3OS/c1-9(2)5-11(6-14)13(17)16(4)7-12-10(3)15-8-18-12/h8-9,11H,5-7,14H2,1-4H3. The molecule has 4 nitrogen and oxygen atoms in total. The summed E-state index contributed by atoms with van der Waals surface area (Å²) in [5.41, 5.74) is 8.53. The Kier molecular flexibility index (Phi) is 5.75. The van der Waals surface area contributed by atoms with Crippen LogP contribution in [0.2, 0.25) is 0 Å². The zero-order chi connectivity index (χ0) is 13.7. The third-order valence-electron chi connectivity index (χ3n) is 2.99. The van der Waals surface area contributed by atoms with Crippen LogP contribution in [-0.2, 0) is 11.3 Å². The molecular formula is C13H23N3OS. The van der Waals surface area contributed by atoms with Crippen LogP contribution in [-0.4, -0.2) is 29.4 Å². The summed E-state index contributed by atoms with van der Waals surface area (Å²) in [6, 6.07) is 0. The van der Waals surface area contributed by atoms with Crippen LogP contribution in [0.4, 0.5) is 0 Å². The van der Waals surface area contributed by atoms with Gasteiger partial charge in [0.15, 0.2) is 0 Å². The van der Waals surface area contributed by atoms with Gasteiger partial charge in [0.2, 0.25) is 5.91 Å². The van der Waals surface area contributed by atoms with Crippen LogP contribution in [0.3, 0.4) is 0 Å². The second kappa shape index (κ2) is 6.85. The number of carbonyl (C=O) groups excluding carboxylic acids is 1. The third-order valence-corrected chi connectivity index (χ3v) is 3.91. The number of nitrogens with zero attached hydrogens (tertiary/aromatic N) is 2. The summed E-state index contributed by atoms with van der Waals surface area (Å²) in [5, 5.41) is 0. The molecule has 0 aliphatic carbocycles. The van der Waals surface area contributed by atoms with Crippen LogP contribution >= 0.6 is 11.3 Å². The van der Waals surface area contributed by atoms with Crippen molar-refractivity contribution in [3.8, 4) is 0 Å². The molecule has 0 radical (unpaired) electrons. The summed E-state index contributed by atoms with van der Waals surface area (Å²) in [4.78, 5) is 19.4. The van der Waals surface area contributed by atoms with E-state index in [-0.39, 0.29) is 11.8 Å². The first-order chi connectivity index (χ1) is 8.45. The SMILES string of the molecule is Cc1ncsc1CN(C)C(=O)C(CN)CC(C)C. The molecule has 0 bridgehead atoms. The van der Waals surface area contributed by atoms with E-state index in [4.69, 9.17) is 5.73 Å². The molecule has 1 unspecified atom stereocenters. The molecule has 1 heterocycles. The van der Waals surface area contributed by atoms with Gasteiger partial charge in [0.25, 0.3) is 0 Å². The van der Waals surface area contributed by atoms with Gasteiger partial charge in [-0.05, 0) is 19.3 Å². The second-order valence-electron chi connectivity index (χ2n) is 5.12. The predicted molar refractivity (Wildman–Crippen MR) is 75.3 cm³/mol. The van der Waals surface area contributed by atoms with E-state index in [1.54, 1.807) is 16.2 Å². The van der Waals surface area contributed by atoms with Crippen LogP contribution < -0.4 is 5.73 Å². The number of aromatic nitrogens is 1. The van der Waals surface area contributed by atoms with Crippen LogP contribution in [0.1, 0.15) is 30.8 Å². The summed E-state index contributed by atoms with van der Waals surface area (Å²) in [6.07, 6.45) is 0.849. The molecule has 0 spiro atoms. The molecule has 0 aromatic carbocycles. The zero-order valence-corrected chi connectivity index (χ0v) is 12.5. The van der Waals surface area contributed by atoms with Crippen LogP contribution in [0, 0.1) is 18.8 Å². The van der Waals surface area contributed by atoms with E-state index in [1.165, 1.54) is 0 Å². The highest BCUT2D eigenvalue weighted by Crippen LogP contribution is 2.18. The topological polar surface area (TPSA) is 59.2 Å². The molecule has 18 heavy (non-hydrogen) atoms. The lowest BCUT2D eigenvalue weighted by Crippen LogP contribution is -2.36. The van der Waals surface area contributed by atoms with Crippen molar-refractivity contribution in [3.05, 3.63) is 16.1 Å². The van der Waals surface area contributed by atoms with Crippen molar-refractivity contribution < 1.29 is 4.79 Å². The van der Waals surface area contributed by atoms with E-state index in [0.29, 0.717) is 19.0 Å². The lowest BCUT2D eigenvalue weighted by Gasteiger charge is -2.23. The summed E-state index contributed by atoms with van der Waals surface area (Å²) in [6.45, 7) is 7.25. The highest BCUT2D eigenvalue weighted by molar-refractivity contribution is 7.09. The number of aryl methyl sites for hydroxylation is 1. The lowest BCUT2D eigenvalue weighted by molar-refractivity contribution is -0.134. The quantitative estimate of drug-likeness (QED) is 0.859. The number of amides is 1. The first kappa shape index (κ1) is 15.1. The molecule has 0 fully saturated rings.